The van der Waals surface area contributed by atoms with Crippen LogP contribution < -0.4 is 5.32 Å². The molecule has 0 aromatic heterocycles. The Kier molecular flexibility index (Phi) is 4.63. The molecular weight excluding hydrogens is 126 g/mol. The zero-order valence-corrected chi connectivity index (χ0v) is 6.74. The van der Waals surface area contributed by atoms with Crippen LogP contribution in [0, 0.1) is 0 Å². The lowest BCUT2D eigenvalue weighted by Gasteiger charge is -2.04. The minimum atomic E-state index is 0.221. The number of allylic oxidation sites excluding steroid dienone is 1. The molecule has 0 aliphatic heterocycles. The molecule has 0 spiro atoms. The van der Waals surface area contributed by atoms with Gasteiger partial charge in [0.2, 0.25) is 0 Å². The molecule has 0 amide bonds. The maximum Gasteiger partial charge on any atom is 0.130 e. The molecule has 10 heavy (non-hydrogen) atoms. The molecule has 0 unspecified atom stereocenters. The van der Waals surface area contributed by atoms with Crippen LogP contribution in [0.2, 0.25) is 0 Å². The number of rotatable bonds is 5. The van der Waals surface area contributed by atoms with Crippen molar-refractivity contribution >= 4 is 5.78 Å². The van der Waals surface area contributed by atoms with Crippen molar-refractivity contribution in [2.45, 2.75) is 26.7 Å². The second-order valence-corrected chi connectivity index (χ2v) is 2.34. The molecular formula is C8H15NO. The monoisotopic (exact) mass is 141 g/mol. The van der Waals surface area contributed by atoms with Crippen molar-refractivity contribution in [2.24, 2.45) is 0 Å². The van der Waals surface area contributed by atoms with Gasteiger partial charge in [0.05, 0.1) is 0 Å². The molecule has 0 aliphatic rings. The summed E-state index contributed by atoms with van der Waals surface area (Å²) in [6, 6.07) is 0. The van der Waals surface area contributed by atoms with Crippen molar-refractivity contribution in [2.75, 3.05) is 6.54 Å². The van der Waals surface area contributed by atoms with Gasteiger partial charge in [0.25, 0.3) is 0 Å². The van der Waals surface area contributed by atoms with Gasteiger partial charge in [-0.25, -0.2) is 0 Å². The van der Waals surface area contributed by atoms with Crippen LogP contribution in [0.3, 0.4) is 0 Å². The van der Waals surface area contributed by atoms with Gasteiger partial charge in [0.15, 0.2) is 0 Å². The van der Waals surface area contributed by atoms with Gasteiger partial charge >= 0.3 is 0 Å². The lowest BCUT2D eigenvalue weighted by Crippen LogP contribution is -2.11. The number of Topliss-reactive ketones (excluding diaryl/α,β-unsaturated/α-hetero) is 1. The lowest BCUT2D eigenvalue weighted by molar-refractivity contribution is -0.116. The second-order valence-electron chi connectivity index (χ2n) is 2.34. The summed E-state index contributed by atoms with van der Waals surface area (Å²) in [5, 5.41) is 3.05. The summed E-state index contributed by atoms with van der Waals surface area (Å²) in [7, 11) is 0. The smallest absolute Gasteiger partial charge is 0.130 e. The number of carbonyl (C=O) groups excluding carboxylic acids is 1. The van der Waals surface area contributed by atoms with Crippen LogP contribution in [0.25, 0.3) is 0 Å². The Bertz CT molecular complexity index is 129. The molecule has 58 valence electrons. The Morgan fingerprint density at radius 3 is 2.50 bits per heavy atom. The molecule has 0 rings (SSSR count). The molecule has 0 heterocycles. The van der Waals surface area contributed by atoms with Crippen molar-refractivity contribution in [3.63, 3.8) is 0 Å². The third-order valence-electron chi connectivity index (χ3n) is 1.21. The molecule has 0 aromatic carbocycles. The lowest BCUT2D eigenvalue weighted by atomic mass is 10.2. The Morgan fingerprint density at radius 2 is 2.10 bits per heavy atom. The van der Waals surface area contributed by atoms with Gasteiger partial charge in [-0.3, -0.25) is 0 Å². The number of hydrogen-bond donors (Lipinski definition) is 1. The van der Waals surface area contributed by atoms with Gasteiger partial charge in [-0.2, -0.15) is 0 Å². The van der Waals surface area contributed by atoms with E-state index in [1.165, 1.54) is 0 Å². The fraction of sp³-hybridized carbons (Fsp3) is 0.625. The van der Waals surface area contributed by atoms with E-state index in [0.29, 0.717) is 6.42 Å². The van der Waals surface area contributed by atoms with Crippen LogP contribution in [0.1, 0.15) is 26.7 Å². The van der Waals surface area contributed by atoms with Crippen molar-refractivity contribution in [1.82, 2.24) is 5.32 Å². The van der Waals surface area contributed by atoms with Crippen molar-refractivity contribution in [3.8, 4) is 0 Å². The van der Waals surface area contributed by atoms with E-state index in [-0.39, 0.29) is 5.78 Å². The molecule has 2 nitrogen and oxygen atoms in total. The van der Waals surface area contributed by atoms with E-state index in [1.54, 1.807) is 6.92 Å². The molecule has 0 aliphatic carbocycles. The van der Waals surface area contributed by atoms with E-state index in [9.17, 15) is 4.79 Å². The summed E-state index contributed by atoms with van der Waals surface area (Å²) < 4.78 is 0. The highest BCUT2D eigenvalue weighted by Gasteiger charge is 1.94. The van der Waals surface area contributed by atoms with Crippen molar-refractivity contribution in [3.05, 3.63) is 12.3 Å². The summed E-state index contributed by atoms with van der Waals surface area (Å²) in [4.78, 5) is 10.5. The van der Waals surface area contributed by atoms with Crippen LogP contribution in [0.4, 0.5) is 0 Å². The standard InChI is InChI=1S/C8H15NO/c1-4-9-7(2)5-6-8(3)10/h9H,2,4-6H2,1,3H3. The maximum atomic E-state index is 10.5. The summed E-state index contributed by atoms with van der Waals surface area (Å²) in [6.07, 6.45) is 1.37. The first-order valence-electron chi connectivity index (χ1n) is 3.58. The van der Waals surface area contributed by atoms with Gasteiger partial charge < -0.3 is 10.1 Å². The largest absolute Gasteiger partial charge is 0.389 e. The maximum absolute atomic E-state index is 10.5. The van der Waals surface area contributed by atoms with E-state index < -0.39 is 0 Å². The average molecular weight is 141 g/mol. The number of nitrogens with one attached hydrogen (secondary N) is 1. The van der Waals surface area contributed by atoms with Crippen LogP contribution in [0.5, 0.6) is 0 Å². The zero-order valence-electron chi connectivity index (χ0n) is 6.74. The highest BCUT2D eigenvalue weighted by Crippen LogP contribution is 1.97. The van der Waals surface area contributed by atoms with E-state index in [0.717, 1.165) is 18.7 Å². The highest BCUT2D eigenvalue weighted by molar-refractivity contribution is 5.75. The Morgan fingerprint density at radius 1 is 1.50 bits per heavy atom. The van der Waals surface area contributed by atoms with Gasteiger partial charge in [0.1, 0.15) is 5.78 Å². The van der Waals surface area contributed by atoms with Gasteiger partial charge in [-0.05, 0) is 20.3 Å². The van der Waals surface area contributed by atoms with Crippen LogP contribution in [-0.2, 0) is 4.79 Å². The molecule has 0 bridgehead atoms. The summed E-state index contributed by atoms with van der Waals surface area (Å²) in [5.74, 6) is 0.221. The summed E-state index contributed by atoms with van der Waals surface area (Å²) in [5.41, 5.74) is 0.956. The summed E-state index contributed by atoms with van der Waals surface area (Å²) >= 11 is 0. The minimum Gasteiger partial charge on any atom is -0.389 e. The highest BCUT2D eigenvalue weighted by atomic mass is 16.1. The van der Waals surface area contributed by atoms with Crippen molar-refractivity contribution in [1.29, 1.82) is 0 Å². The summed E-state index contributed by atoms with van der Waals surface area (Å²) in [6.45, 7) is 8.25. The quantitative estimate of drug-likeness (QED) is 0.628. The third kappa shape index (κ3) is 5.35. The zero-order chi connectivity index (χ0) is 7.98. The molecule has 0 saturated carbocycles. The number of carbonyl (C=O) groups is 1. The van der Waals surface area contributed by atoms with Gasteiger partial charge in [-0.15, -0.1) is 0 Å². The van der Waals surface area contributed by atoms with Crippen LogP contribution >= 0.6 is 0 Å². The van der Waals surface area contributed by atoms with E-state index in [1.807, 2.05) is 6.92 Å². The molecule has 0 saturated heterocycles. The minimum absolute atomic E-state index is 0.221. The van der Waals surface area contributed by atoms with E-state index in [4.69, 9.17) is 0 Å². The first-order valence-corrected chi connectivity index (χ1v) is 3.58. The van der Waals surface area contributed by atoms with Gasteiger partial charge in [0, 0.05) is 18.7 Å². The number of ketones is 1. The Hall–Kier alpha value is -0.790. The molecule has 0 radical (unpaired) electrons. The van der Waals surface area contributed by atoms with Crippen LogP contribution in [-0.4, -0.2) is 12.3 Å². The fourth-order valence-corrected chi connectivity index (χ4v) is 0.665. The average Bonchev–Trinajstić information content (AvgIpc) is 1.85. The molecule has 1 N–H and O–H groups in total. The van der Waals surface area contributed by atoms with Crippen molar-refractivity contribution < 1.29 is 4.79 Å². The first kappa shape index (κ1) is 9.21. The topological polar surface area (TPSA) is 29.1 Å². The SMILES string of the molecule is C=C(CCC(C)=O)NCC. The molecule has 0 atom stereocenters. The molecule has 0 fully saturated rings. The predicted octanol–water partition coefficient (Wildman–Crippen LogP) is 1.48. The van der Waals surface area contributed by atoms with Gasteiger partial charge in [-0.1, -0.05) is 6.58 Å². The molecule has 2 heteroatoms. The first-order chi connectivity index (χ1) is 4.66. The predicted molar refractivity (Wildman–Crippen MR) is 42.7 cm³/mol. The Labute approximate surface area is 62.3 Å². The molecule has 0 aromatic rings. The number of hydrogen-bond acceptors (Lipinski definition) is 2. The second kappa shape index (κ2) is 5.03. The fourth-order valence-electron chi connectivity index (χ4n) is 0.665. The van der Waals surface area contributed by atoms with E-state index >= 15 is 0 Å². The van der Waals surface area contributed by atoms with Crippen LogP contribution in [0.15, 0.2) is 12.3 Å². The Balaban J connectivity index is 3.30. The third-order valence-corrected chi connectivity index (χ3v) is 1.21. The normalized spacial score (nSPS) is 9.00. The van der Waals surface area contributed by atoms with E-state index in [2.05, 4.69) is 11.9 Å².